The number of rotatable bonds is 6. The lowest BCUT2D eigenvalue weighted by atomic mass is 9.59. The molecule has 0 radical (unpaired) electrons. The lowest BCUT2D eigenvalue weighted by Gasteiger charge is -2.44. The van der Waals surface area contributed by atoms with E-state index in [4.69, 9.17) is 14.2 Å². The molecule has 0 amide bonds. The van der Waals surface area contributed by atoms with Crippen molar-refractivity contribution in [3.63, 3.8) is 0 Å². The predicted octanol–water partition coefficient (Wildman–Crippen LogP) is 5.14. The first-order valence-corrected chi connectivity index (χ1v) is 17.9. The van der Waals surface area contributed by atoms with Crippen molar-refractivity contribution in [3.05, 3.63) is 94.0 Å². The summed E-state index contributed by atoms with van der Waals surface area (Å²) in [6.45, 7) is 5.11. The zero-order chi connectivity index (χ0) is 32.2. The first-order valence-electron chi connectivity index (χ1n) is 15.5. The Balaban J connectivity index is 1.07. The zero-order valence-corrected chi connectivity index (χ0v) is 26.9. The number of ether oxygens (including phenoxy) is 3. The van der Waals surface area contributed by atoms with Crippen molar-refractivity contribution in [2.45, 2.75) is 72.5 Å². The Labute approximate surface area is 270 Å². The van der Waals surface area contributed by atoms with E-state index in [2.05, 4.69) is 24.3 Å². The molecule has 3 aromatic carbocycles. The van der Waals surface area contributed by atoms with Crippen molar-refractivity contribution in [1.29, 1.82) is 0 Å². The van der Waals surface area contributed by atoms with Crippen molar-refractivity contribution in [2.24, 2.45) is 17.8 Å². The molecule has 238 valence electrons. The summed E-state index contributed by atoms with van der Waals surface area (Å²) in [5, 5.41) is -0.878. The van der Waals surface area contributed by atoms with E-state index < -0.39 is 57.3 Å². The van der Waals surface area contributed by atoms with Crippen LogP contribution in [0.25, 0.3) is 0 Å². The second kappa shape index (κ2) is 10.4. The molecular formula is C35H32O9S2. The van der Waals surface area contributed by atoms with Crippen molar-refractivity contribution in [3.8, 4) is 5.75 Å². The van der Waals surface area contributed by atoms with Crippen LogP contribution in [0.5, 0.6) is 5.75 Å². The van der Waals surface area contributed by atoms with Gasteiger partial charge in [-0.2, -0.15) is 8.42 Å². The Kier molecular flexibility index (Phi) is 6.73. The molecule has 3 aliphatic carbocycles. The molecule has 11 heteroatoms. The molecule has 3 saturated heterocycles. The smallest absolute Gasteiger partial charge is 0.316 e. The average molecular weight is 661 g/mol. The van der Waals surface area contributed by atoms with Crippen LogP contribution in [0.15, 0.2) is 65.6 Å². The molecular weight excluding hydrogens is 629 g/mol. The molecule has 7 atom stereocenters. The summed E-state index contributed by atoms with van der Waals surface area (Å²) >= 11 is 1.43. The van der Waals surface area contributed by atoms with Crippen LogP contribution >= 0.6 is 11.8 Å². The van der Waals surface area contributed by atoms with E-state index in [1.54, 1.807) is 20.8 Å². The van der Waals surface area contributed by atoms with Crippen molar-refractivity contribution in [1.82, 2.24) is 0 Å². The largest absolute Gasteiger partial charge is 0.457 e. The maximum Gasteiger partial charge on any atom is 0.316 e. The summed E-state index contributed by atoms with van der Waals surface area (Å²) in [7, 11) is -4.50. The highest BCUT2D eigenvalue weighted by atomic mass is 32.2. The van der Waals surface area contributed by atoms with Crippen LogP contribution in [0.1, 0.15) is 71.4 Å². The van der Waals surface area contributed by atoms with Gasteiger partial charge in [-0.25, -0.2) is 0 Å². The first-order chi connectivity index (χ1) is 21.9. The van der Waals surface area contributed by atoms with Gasteiger partial charge in [0, 0.05) is 11.8 Å². The van der Waals surface area contributed by atoms with E-state index in [1.165, 1.54) is 35.0 Å². The highest BCUT2D eigenvalue weighted by Gasteiger charge is 2.71. The second-order valence-corrected chi connectivity index (χ2v) is 16.0. The van der Waals surface area contributed by atoms with Gasteiger partial charge >= 0.3 is 17.9 Å². The lowest BCUT2D eigenvalue weighted by molar-refractivity contribution is -0.165. The summed E-state index contributed by atoms with van der Waals surface area (Å²) < 4.78 is 51.6. The number of carbonyl (C=O) groups is 3. The monoisotopic (exact) mass is 660 g/mol. The Morgan fingerprint density at radius 1 is 0.957 bits per heavy atom. The summed E-state index contributed by atoms with van der Waals surface area (Å²) in [6.07, 6.45) is -0.826. The summed E-state index contributed by atoms with van der Waals surface area (Å²) in [4.78, 5) is 40.7. The summed E-state index contributed by atoms with van der Waals surface area (Å²) in [6, 6.07) is 19.2. The third-order valence-electron chi connectivity index (χ3n) is 10.5. The Bertz CT molecular complexity index is 1890. The van der Waals surface area contributed by atoms with E-state index in [-0.39, 0.29) is 39.6 Å². The molecule has 1 N–H and O–H groups in total. The van der Waals surface area contributed by atoms with Crippen LogP contribution in [0.4, 0.5) is 0 Å². The standard InChI is InChI=1S/C35H32O9S2/c1-15(2)21-14-24(16(3)12-25(21)46(39,40)41)42-34(37)27-28-32-30(44-35(28)38)29(31(27)45-32)43-33(36)23-13-22-17-8-4-6-10-19(17)26(23)20-11-7-5-9-18(20)22/h4-12,14-15,22-23,26-32H,13H2,1-3H3,(H,39,40,41). The quantitative estimate of drug-likeness (QED) is 0.215. The minimum absolute atomic E-state index is 0.0759. The van der Waals surface area contributed by atoms with Gasteiger partial charge in [-0.05, 0) is 64.8 Å². The molecule has 6 aliphatic rings. The SMILES string of the molecule is Cc1cc(S(=O)(=O)O)c(C(C)C)cc1OC(=O)C1C2SC3C(OC(=O)C31)C2OC(=O)C1CC2c3ccccc3C1c1ccccc12. The normalized spacial score (nSPS) is 31.4. The van der Waals surface area contributed by atoms with Gasteiger partial charge in [-0.15, -0.1) is 11.8 Å². The topological polar surface area (TPSA) is 133 Å². The number of hydrogen-bond donors (Lipinski definition) is 1. The molecule has 0 spiro atoms. The Morgan fingerprint density at radius 3 is 2.20 bits per heavy atom. The first kappa shape index (κ1) is 29.7. The number of hydrogen-bond acceptors (Lipinski definition) is 9. The van der Waals surface area contributed by atoms with Gasteiger partial charge in [-0.3, -0.25) is 18.9 Å². The van der Waals surface area contributed by atoms with Crippen LogP contribution in [-0.4, -0.2) is 53.6 Å². The minimum atomic E-state index is -4.50. The van der Waals surface area contributed by atoms with Gasteiger partial charge in [0.1, 0.15) is 5.75 Å². The van der Waals surface area contributed by atoms with Gasteiger partial charge in [0.25, 0.3) is 10.1 Å². The van der Waals surface area contributed by atoms with Gasteiger partial charge in [0.15, 0.2) is 12.2 Å². The van der Waals surface area contributed by atoms with E-state index >= 15 is 0 Å². The van der Waals surface area contributed by atoms with Crippen molar-refractivity contribution >= 4 is 39.8 Å². The maximum atomic E-state index is 14.1. The fourth-order valence-corrected chi connectivity index (χ4v) is 11.4. The van der Waals surface area contributed by atoms with Gasteiger partial charge < -0.3 is 14.2 Å². The van der Waals surface area contributed by atoms with Crippen molar-refractivity contribution in [2.75, 3.05) is 0 Å². The number of benzene rings is 3. The van der Waals surface area contributed by atoms with Crippen LogP contribution < -0.4 is 4.74 Å². The highest BCUT2D eigenvalue weighted by Crippen LogP contribution is 2.60. The van der Waals surface area contributed by atoms with Crippen LogP contribution in [-0.2, 0) is 34.0 Å². The summed E-state index contributed by atoms with van der Waals surface area (Å²) in [5.74, 6) is -3.83. The molecule has 3 aromatic rings. The molecule has 0 saturated carbocycles. The van der Waals surface area contributed by atoms with Crippen LogP contribution in [0.2, 0.25) is 0 Å². The number of thioether (sulfide) groups is 1. The fraction of sp³-hybridized carbons (Fsp3) is 0.400. The third-order valence-corrected chi connectivity index (χ3v) is 13.1. The van der Waals surface area contributed by atoms with Gasteiger partial charge in [0.2, 0.25) is 0 Å². The molecule has 4 bridgehead atoms. The number of fused-ring (bicyclic) bond motifs is 2. The van der Waals surface area contributed by atoms with E-state index in [9.17, 15) is 27.4 Å². The summed E-state index contributed by atoms with van der Waals surface area (Å²) in [5.41, 5.74) is 5.38. The zero-order valence-electron chi connectivity index (χ0n) is 25.3. The maximum absolute atomic E-state index is 14.1. The van der Waals surface area contributed by atoms with Crippen LogP contribution in [0, 0.1) is 24.7 Å². The number of esters is 3. The minimum Gasteiger partial charge on any atom is -0.457 e. The molecule has 46 heavy (non-hydrogen) atoms. The number of aryl methyl sites for hydroxylation is 1. The van der Waals surface area contributed by atoms with Gasteiger partial charge in [0.05, 0.1) is 33.1 Å². The molecule has 9 nitrogen and oxygen atoms in total. The molecule has 3 heterocycles. The number of carbonyl (C=O) groups excluding carboxylic acids is 3. The molecule has 0 aromatic heterocycles. The fourth-order valence-electron chi connectivity index (χ4n) is 8.47. The Hall–Kier alpha value is -3.67. The third kappa shape index (κ3) is 4.31. The predicted molar refractivity (Wildman–Crippen MR) is 167 cm³/mol. The molecule has 9 rings (SSSR count). The lowest BCUT2D eigenvalue weighted by Crippen LogP contribution is -2.49. The van der Waals surface area contributed by atoms with Gasteiger partial charge in [-0.1, -0.05) is 62.4 Å². The highest BCUT2D eigenvalue weighted by molar-refractivity contribution is 8.01. The van der Waals surface area contributed by atoms with E-state index in [1.807, 2.05) is 24.3 Å². The van der Waals surface area contributed by atoms with E-state index in [0.717, 1.165) is 11.1 Å². The molecule has 3 fully saturated rings. The molecule has 3 aliphatic heterocycles. The van der Waals surface area contributed by atoms with E-state index in [0.29, 0.717) is 17.5 Å². The van der Waals surface area contributed by atoms with Crippen molar-refractivity contribution < 1.29 is 41.6 Å². The average Bonchev–Trinajstić information content (AvgIpc) is 3.65. The second-order valence-electron chi connectivity index (χ2n) is 13.3. The van der Waals surface area contributed by atoms with Crippen LogP contribution in [0.3, 0.4) is 0 Å². The molecule has 7 unspecified atom stereocenters. The Morgan fingerprint density at radius 2 is 1.59 bits per heavy atom.